The summed E-state index contributed by atoms with van der Waals surface area (Å²) >= 11 is 1.09. The van der Waals surface area contributed by atoms with Crippen LogP contribution in [-0.4, -0.2) is 43.3 Å². The summed E-state index contributed by atoms with van der Waals surface area (Å²) in [7, 11) is -3.42. The van der Waals surface area contributed by atoms with Crippen LogP contribution in [0.5, 0.6) is 0 Å². The fourth-order valence-corrected chi connectivity index (χ4v) is 4.75. The number of nitrogens with zero attached hydrogens (tertiary/aromatic N) is 2. The van der Waals surface area contributed by atoms with Crippen LogP contribution in [-0.2, 0) is 9.84 Å². The van der Waals surface area contributed by atoms with Crippen molar-refractivity contribution in [3.05, 3.63) is 0 Å². The molecule has 6 nitrogen and oxygen atoms in total. The highest BCUT2D eigenvalue weighted by molar-refractivity contribution is 7.91. The number of unbranched alkanes of at least 4 members (excludes halogenated alkanes) is 1. The van der Waals surface area contributed by atoms with Gasteiger partial charge in [0.05, 0.1) is 12.4 Å². The van der Waals surface area contributed by atoms with E-state index in [1.165, 1.54) is 0 Å². The lowest BCUT2D eigenvalue weighted by Gasteiger charge is -2.22. The number of hydrogen-bond acceptors (Lipinski definition) is 7. The number of aliphatic hydroxyl groups is 1. The molecule has 8 heteroatoms. The predicted octanol–water partition coefficient (Wildman–Crippen LogP) is 1.51. The highest BCUT2D eigenvalue weighted by Crippen LogP contribution is 2.35. The number of aliphatic hydroxyl groups excluding tert-OH is 1. The Morgan fingerprint density at radius 2 is 2.00 bits per heavy atom. The Kier molecular flexibility index (Phi) is 6.70. The van der Waals surface area contributed by atoms with Crippen molar-refractivity contribution in [3.63, 3.8) is 0 Å². The van der Waals surface area contributed by atoms with Crippen LogP contribution in [0.4, 0.5) is 10.8 Å². The van der Waals surface area contributed by atoms with E-state index in [0.29, 0.717) is 24.5 Å². The first-order chi connectivity index (χ1) is 9.47. The summed E-state index contributed by atoms with van der Waals surface area (Å²) in [6.45, 7) is 4.92. The SMILES string of the molecule is CCCCN(CCO)c1snc(N)c1S(=O)(=O)CCC. The van der Waals surface area contributed by atoms with Crippen molar-refractivity contribution in [2.75, 3.05) is 36.1 Å². The van der Waals surface area contributed by atoms with Gasteiger partial charge in [0.2, 0.25) is 0 Å². The van der Waals surface area contributed by atoms with Gasteiger partial charge in [-0.25, -0.2) is 8.42 Å². The molecule has 20 heavy (non-hydrogen) atoms. The average Bonchev–Trinajstić information content (AvgIpc) is 2.77. The maximum Gasteiger partial charge on any atom is 0.185 e. The van der Waals surface area contributed by atoms with E-state index < -0.39 is 9.84 Å². The lowest BCUT2D eigenvalue weighted by molar-refractivity contribution is 0.301. The van der Waals surface area contributed by atoms with Gasteiger partial charge in [-0.3, -0.25) is 0 Å². The fraction of sp³-hybridized carbons (Fsp3) is 0.750. The summed E-state index contributed by atoms with van der Waals surface area (Å²) in [5, 5.41) is 9.72. The van der Waals surface area contributed by atoms with Crippen LogP contribution >= 0.6 is 11.5 Å². The van der Waals surface area contributed by atoms with Crippen molar-refractivity contribution in [2.45, 2.75) is 38.0 Å². The van der Waals surface area contributed by atoms with E-state index >= 15 is 0 Å². The molecule has 0 spiro atoms. The van der Waals surface area contributed by atoms with Gasteiger partial charge in [-0.2, -0.15) is 4.37 Å². The molecule has 0 saturated heterocycles. The summed E-state index contributed by atoms with van der Waals surface area (Å²) in [5.41, 5.74) is 5.75. The van der Waals surface area contributed by atoms with E-state index in [9.17, 15) is 8.42 Å². The number of nitrogen functional groups attached to an aromatic ring is 1. The summed E-state index contributed by atoms with van der Waals surface area (Å²) in [6.07, 6.45) is 2.45. The molecule has 1 aromatic heterocycles. The van der Waals surface area contributed by atoms with Gasteiger partial charge in [0, 0.05) is 13.1 Å². The van der Waals surface area contributed by atoms with Crippen LogP contribution < -0.4 is 10.6 Å². The first kappa shape index (κ1) is 17.2. The van der Waals surface area contributed by atoms with Crippen molar-refractivity contribution in [3.8, 4) is 0 Å². The normalized spacial score (nSPS) is 11.8. The molecule has 1 heterocycles. The second kappa shape index (κ2) is 7.80. The summed E-state index contributed by atoms with van der Waals surface area (Å²) in [6, 6.07) is 0. The Labute approximate surface area is 124 Å². The van der Waals surface area contributed by atoms with Crippen LogP contribution in [0.25, 0.3) is 0 Å². The minimum atomic E-state index is -3.42. The van der Waals surface area contributed by atoms with Gasteiger partial charge in [-0.15, -0.1) is 0 Å². The Balaban J connectivity index is 3.16. The molecule has 0 amide bonds. The van der Waals surface area contributed by atoms with E-state index in [2.05, 4.69) is 11.3 Å². The summed E-state index contributed by atoms with van der Waals surface area (Å²) in [5.74, 6) is 0.126. The second-order valence-corrected chi connectivity index (χ2v) is 7.38. The van der Waals surface area contributed by atoms with Gasteiger partial charge >= 0.3 is 0 Å². The third-order valence-electron chi connectivity index (χ3n) is 2.88. The van der Waals surface area contributed by atoms with Crippen molar-refractivity contribution in [1.29, 1.82) is 0 Å². The standard InChI is InChI=1S/C12H23N3O3S2/c1-3-5-6-15(7-8-16)12-10(11(13)14-19-12)20(17,18)9-4-2/h16H,3-9H2,1-2H3,(H2,13,14). The molecule has 0 aliphatic carbocycles. The van der Waals surface area contributed by atoms with E-state index in [0.717, 1.165) is 24.4 Å². The third kappa shape index (κ3) is 4.07. The highest BCUT2D eigenvalue weighted by Gasteiger charge is 2.27. The average molecular weight is 321 g/mol. The van der Waals surface area contributed by atoms with Gasteiger partial charge < -0.3 is 15.7 Å². The molecule has 0 unspecified atom stereocenters. The smallest absolute Gasteiger partial charge is 0.185 e. The molecule has 1 rings (SSSR count). The first-order valence-corrected chi connectivity index (χ1v) is 9.24. The Hall–Kier alpha value is -0.860. The number of sulfone groups is 1. The van der Waals surface area contributed by atoms with Gasteiger partial charge in [-0.05, 0) is 24.4 Å². The number of rotatable bonds is 9. The van der Waals surface area contributed by atoms with Crippen molar-refractivity contribution in [2.24, 2.45) is 0 Å². The van der Waals surface area contributed by atoms with Crippen molar-refractivity contribution >= 4 is 32.2 Å². The van der Waals surface area contributed by atoms with E-state index in [-0.39, 0.29) is 23.1 Å². The molecule has 116 valence electrons. The van der Waals surface area contributed by atoms with Crippen molar-refractivity contribution < 1.29 is 13.5 Å². The molecule has 3 N–H and O–H groups in total. The number of anilines is 2. The molecule has 0 atom stereocenters. The van der Waals surface area contributed by atoms with Crippen LogP contribution in [0.15, 0.2) is 4.90 Å². The van der Waals surface area contributed by atoms with Crippen LogP contribution in [0.1, 0.15) is 33.1 Å². The van der Waals surface area contributed by atoms with E-state index in [1.807, 2.05) is 11.8 Å². The van der Waals surface area contributed by atoms with Gasteiger partial charge in [0.1, 0.15) is 9.90 Å². The summed E-state index contributed by atoms with van der Waals surface area (Å²) < 4.78 is 28.6. The Bertz CT molecular complexity index is 514. The predicted molar refractivity (Wildman–Crippen MR) is 83.1 cm³/mol. The minimum absolute atomic E-state index is 0.0330. The van der Waals surface area contributed by atoms with E-state index in [4.69, 9.17) is 10.8 Å². The van der Waals surface area contributed by atoms with Crippen LogP contribution in [0.3, 0.4) is 0 Å². The third-order valence-corrected chi connectivity index (χ3v) is 5.90. The molecule has 0 saturated carbocycles. The van der Waals surface area contributed by atoms with E-state index in [1.54, 1.807) is 0 Å². The minimum Gasteiger partial charge on any atom is -0.395 e. The first-order valence-electron chi connectivity index (χ1n) is 6.81. The molecule has 0 aliphatic rings. The highest BCUT2D eigenvalue weighted by atomic mass is 32.2. The zero-order valence-electron chi connectivity index (χ0n) is 12.0. The fourth-order valence-electron chi connectivity index (χ4n) is 1.93. The van der Waals surface area contributed by atoms with Crippen LogP contribution in [0.2, 0.25) is 0 Å². The summed E-state index contributed by atoms with van der Waals surface area (Å²) in [4.78, 5) is 1.99. The van der Waals surface area contributed by atoms with Crippen molar-refractivity contribution in [1.82, 2.24) is 4.37 Å². The molecule has 0 aliphatic heterocycles. The van der Waals surface area contributed by atoms with Gasteiger partial charge in [0.15, 0.2) is 15.7 Å². The molecular weight excluding hydrogens is 298 g/mol. The lowest BCUT2D eigenvalue weighted by Crippen LogP contribution is -2.28. The van der Waals surface area contributed by atoms with Gasteiger partial charge in [-0.1, -0.05) is 20.3 Å². The zero-order chi connectivity index (χ0) is 15.2. The molecule has 0 bridgehead atoms. The molecule has 0 radical (unpaired) electrons. The molecule has 1 aromatic rings. The number of nitrogens with two attached hydrogens (primary N) is 1. The largest absolute Gasteiger partial charge is 0.395 e. The topological polar surface area (TPSA) is 96.5 Å². The number of aromatic nitrogens is 1. The maximum absolute atomic E-state index is 12.3. The maximum atomic E-state index is 12.3. The van der Waals surface area contributed by atoms with Crippen LogP contribution in [0, 0.1) is 0 Å². The zero-order valence-corrected chi connectivity index (χ0v) is 13.6. The molecule has 0 fully saturated rings. The number of hydrogen-bond donors (Lipinski definition) is 2. The Morgan fingerprint density at radius 1 is 1.30 bits per heavy atom. The lowest BCUT2D eigenvalue weighted by atomic mass is 10.3. The molecular formula is C12H23N3O3S2. The monoisotopic (exact) mass is 321 g/mol. The Morgan fingerprint density at radius 3 is 2.55 bits per heavy atom. The van der Waals surface area contributed by atoms with Gasteiger partial charge in [0.25, 0.3) is 0 Å². The second-order valence-electron chi connectivity index (χ2n) is 4.59. The quantitative estimate of drug-likeness (QED) is 0.715. The molecule has 0 aromatic carbocycles.